The molecule has 1 aromatic rings. The molecule has 1 aromatic carbocycles. The first-order valence-corrected chi connectivity index (χ1v) is 6.45. The summed E-state index contributed by atoms with van der Waals surface area (Å²) in [6.45, 7) is 2.07. The second kappa shape index (κ2) is 5.69. The zero-order chi connectivity index (χ0) is 14.8. The highest BCUT2D eigenvalue weighted by atomic mass is 19.4. The lowest BCUT2D eigenvalue weighted by molar-refractivity contribution is -0.142. The first kappa shape index (κ1) is 14.6. The Hall–Kier alpha value is -1.78. The molecule has 0 aliphatic heterocycles. The summed E-state index contributed by atoms with van der Waals surface area (Å²) in [4.78, 5) is 11.4. The third-order valence-electron chi connectivity index (χ3n) is 3.22. The second-order valence-corrected chi connectivity index (χ2v) is 4.70. The Balaban J connectivity index is 2.18. The number of hydrogen-bond acceptors (Lipinski definition) is 2. The fourth-order valence-corrected chi connectivity index (χ4v) is 2.26. The van der Waals surface area contributed by atoms with Crippen LogP contribution in [0.25, 0.3) is 6.08 Å². The van der Waals surface area contributed by atoms with Gasteiger partial charge in [0.05, 0.1) is 18.6 Å². The van der Waals surface area contributed by atoms with Crippen LogP contribution in [-0.4, -0.2) is 12.6 Å². The smallest absolute Gasteiger partial charge is 0.416 e. The lowest BCUT2D eigenvalue weighted by Gasteiger charge is -2.18. The molecule has 2 nitrogen and oxygen atoms in total. The molecule has 0 heterocycles. The predicted molar refractivity (Wildman–Crippen MR) is 69.0 cm³/mol. The summed E-state index contributed by atoms with van der Waals surface area (Å²) in [5.41, 5.74) is 1.70. The zero-order valence-corrected chi connectivity index (χ0v) is 11.1. The van der Waals surface area contributed by atoms with Crippen LogP contribution in [0, 0.1) is 0 Å². The van der Waals surface area contributed by atoms with E-state index in [4.69, 9.17) is 4.74 Å². The van der Waals surface area contributed by atoms with Crippen LogP contribution in [0.1, 0.15) is 36.5 Å². The number of esters is 1. The topological polar surface area (TPSA) is 26.3 Å². The number of benzene rings is 1. The van der Waals surface area contributed by atoms with Crippen molar-refractivity contribution < 1.29 is 22.7 Å². The number of carbonyl (C=O) groups excluding carboxylic acids is 1. The van der Waals surface area contributed by atoms with Crippen molar-refractivity contribution in [3.63, 3.8) is 0 Å². The van der Waals surface area contributed by atoms with Crippen molar-refractivity contribution in [2.24, 2.45) is 0 Å². The summed E-state index contributed by atoms with van der Waals surface area (Å²) < 4.78 is 42.7. The van der Waals surface area contributed by atoms with E-state index in [0.717, 1.165) is 17.2 Å². The molecule has 2 rings (SSSR count). The minimum Gasteiger partial charge on any atom is -0.466 e. The van der Waals surface area contributed by atoms with E-state index in [9.17, 15) is 18.0 Å². The Bertz CT molecular complexity index is 545. The highest BCUT2D eigenvalue weighted by molar-refractivity contribution is 5.75. The van der Waals surface area contributed by atoms with E-state index in [1.165, 1.54) is 12.1 Å². The number of carbonyl (C=O) groups is 1. The quantitative estimate of drug-likeness (QED) is 0.784. The monoisotopic (exact) mass is 284 g/mol. The molecule has 0 saturated carbocycles. The van der Waals surface area contributed by atoms with Crippen LogP contribution in [0.5, 0.6) is 0 Å². The molecule has 0 unspecified atom stereocenters. The third kappa shape index (κ3) is 3.40. The van der Waals surface area contributed by atoms with Crippen molar-refractivity contribution in [1.82, 2.24) is 0 Å². The van der Waals surface area contributed by atoms with Gasteiger partial charge in [-0.25, -0.2) is 0 Å². The Morgan fingerprint density at radius 3 is 2.70 bits per heavy atom. The zero-order valence-electron chi connectivity index (χ0n) is 11.1. The molecule has 0 bridgehead atoms. The molecule has 0 atom stereocenters. The van der Waals surface area contributed by atoms with Gasteiger partial charge in [-0.05, 0) is 43.0 Å². The van der Waals surface area contributed by atoms with E-state index < -0.39 is 11.7 Å². The largest absolute Gasteiger partial charge is 0.466 e. The fraction of sp³-hybridized carbons (Fsp3) is 0.400. The van der Waals surface area contributed by atoms with Gasteiger partial charge >= 0.3 is 12.1 Å². The first-order chi connectivity index (χ1) is 9.40. The first-order valence-electron chi connectivity index (χ1n) is 6.45. The maximum atomic E-state index is 12.6. The highest BCUT2D eigenvalue weighted by Gasteiger charge is 2.31. The molecule has 20 heavy (non-hydrogen) atoms. The van der Waals surface area contributed by atoms with E-state index in [2.05, 4.69) is 0 Å². The summed E-state index contributed by atoms with van der Waals surface area (Å²) in [7, 11) is 0. The van der Waals surface area contributed by atoms with Crippen LogP contribution >= 0.6 is 0 Å². The minimum absolute atomic E-state index is 0.203. The molecule has 1 aliphatic rings. The standard InChI is InChI=1S/C15H15F3O2/c1-2-20-14(19)8-10-3-4-12-9-13(15(16,17)18)6-5-11(12)7-10/h5-7,9H,2-4,8H2,1H3. The van der Waals surface area contributed by atoms with Crippen molar-refractivity contribution in [2.45, 2.75) is 32.4 Å². The highest BCUT2D eigenvalue weighted by Crippen LogP contribution is 2.33. The molecule has 0 saturated heterocycles. The number of aryl methyl sites for hydroxylation is 1. The molecule has 0 N–H and O–H groups in total. The van der Waals surface area contributed by atoms with Gasteiger partial charge in [-0.2, -0.15) is 13.2 Å². The van der Waals surface area contributed by atoms with E-state index in [-0.39, 0.29) is 12.4 Å². The van der Waals surface area contributed by atoms with Gasteiger partial charge in [-0.1, -0.05) is 17.7 Å². The number of ether oxygens (including phenoxy) is 1. The number of fused-ring (bicyclic) bond motifs is 1. The maximum absolute atomic E-state index is 12.6. The van der Waals surface area contributed by atoms with Crippen LogP contribution in [-0.2, 0) is 22.1 Å². The number of rotatable bonds is 3. The fourth-order valence-electron chi connectivity index (χ4n) is 2.26. The molecular formula is C15H15F3O2. The number of halogens is 3. The minimum atomic E-state index is -4.32. The SMILES string of the molecule is CCOC(=O)CC1=Cc2ccc(C(F)(F)F)cc2CC1. The molecule has 108 valence electrons. The van der Waals surface area contributed by atoms with Gasteiger partial charge in [-0.3, -0.25) is 4.79 Å². The van der Waals surface area contributed by atoms with Crippen LogP contribution in [0.2, 0.25) is 0 Å². The summed E-state index contributed by atoms with van der Waals surface area (Å²) in [6.07, 6.45) is -1.22. The van der Waals surface area contributed by atoms with Gasteiger partial charge in [0.2, 0.25) is 0 Å². The molecule has 5 heteroatoms. The van der Waals surface area contributed by atoms with Gasteiger partial charge in [0, 0.05) is 0 Å². The normalized spacial score (nSPS) is 14.5. The number of alkyl halides is 3. The molecule has 1 aliphatic carbocycles. The Labute approximate surface area is 115 Å². The third-order valence-corrected chi connectivity index (χ3v) is 3.22. The summed E-state index contributed by atoms with van der Waals surface area (Å²) in [5, 5.41) is 0. The van der Waals surface area contributed by atoms with Crippen LogP contribution in [0.15, 0.2) is 23.8 Å². The van der Waals surface area contributed by atoms with Crippen molar-refractivity contribution in [3.05, 3.63) is 40.5 Å². The van der Waals surface area contributed by atoms with Gasteiger partial charge < -0.3 is 4.74 Å². The summed E-state index contributed by atoms with van der Waals surface area (Å²) in [5.74, 6) is -0.297. The van der Waals surface area contributed by atoms with Crippen LogP contribution < -0.4 is 0 Å². The van der Waals surface area contributed by atoms with Crippen molar-refractivity contribution in [2.75, 3.05) is 6.61 Å². The second-order valence-electron chi connectivity index (χ2n) is 4.70. The molecular weight excluding hydrogens is 269 g/mol. The van der Waals surface area contributed by atoms with Gasteiger partial charge in [0.15, 0.2) is 0 Å². The van der Waals surface area contributed by atoms with Crippen molar-refractivity contribution >= 4 is 12.0 Å². The molecule has 0 spiro atoms. The van der Waals surface area contributed by atoms with Gasteiger partial charge in [0.25, 0.3) is 0 Å². The molecule has 0 radical (unpaired) electrons. The van der Waals surface area contributed by atoms with Gasteiger partial charge in [0.1, 0.15) is 0 Å². The lowest BCUT2D eigenvalue weighted by Crippen LogP contribution is -2.10. The Morgan fingerprint density at radius 1 is 1.30 bits per heavy atom. The average molecular weight is 284 g/mol. The van der Waals surface area contributed by atoms with Crippen molar-refractivity contribution in [1.29, 1.82) is 0 Å². The van der Waals surface area contributed by atoms with E-state index in [0.29, 0.717) is 25.0 Å². The van der Waals surface area contributed by atoms with Crippen LogP contribution in [0.4, 0.5) is 13.2 Å². The Morgan fingerprint density at radius 2 is 2.05 bits per heavy atom. The van der Waals surface area contributed by atoms with E-state index >= 15 is 0 Å². The molecule has 0 aromatic heterocycles. The van der Waals surface area contributed by atoms with E-state index in [1.54, 1.807) is 13.0 Å². The van der Waals surface area contributed by atoms with Crippen LogP contribution in [0.3, 0.4) is 0 Å². The van der Waals surface area contributed by atoms with E-state index in [1.807, 2.05) is 0 Å². The average Bonchev–Trinajstić information content (AvgIpc) is 2.37. The molecule has 0 fully saturated rings. The van der Waals surface area contributed by atoms with Crippen molar-refractivity contribution in [3.8, 4) is 0 Å². The van der Waals surface area contributed by atoms with Gasteiger partial charge in [-0.15, -0.1) is 0 Å². The maximum Gasteiger partial charge on any atom is 0.416 e. The lowest BCUT2D eigenvalue weighted by atomic mass is 9.89. The number of hydrogen-bond donors (Lipinski definition) is 0. The summed E-state index contributed by atoms with van der Waals surface area (Å²) >= 11 is 0. The summed E-state index contributed by atoms with van der Waals surface area (Å²) in [6, 6.07) is 3.72. The Kier molecular flexibility index (Phi) is 4.16. The predicted octanol–water partition coefficient (Wildman–Crippen LogP) is 3.99. The molecule has 0 amide bonds.